The fourth-order valence-electron chi connectivity index (χ4n) is 2.15. The lowest BCUT2D eigenvalue weighted by Gasteiger charge is -2.25. The first-order chi connectivity index (χ1) is 8.99. The molecule has 1 aromatic rings. The van der Waals surface area contributed by atoms with E-state index >= 15 is 0 Å². The van der Waals surface area contributed by atoms with Crippen molar-refractivity contribution in [3.8, 4) is 0 Å². The highest BCUT2D eigenvalue weighted by Crippen LogP contribution is 2.30. The van der Waals surface area contributed by atoms with Gasteiger partial charge in [-0.15, -0.1) is 0 Å². The van der Waals surface area contributed by atoms with Gasteiger partial charge in [0.25, 0.3) is 0 Å². The molecule has 1 saturated heterocycles. The Bertz CT molecular complexity index is 510. The van der Waals surface area contributed by atoms with Crippen molar-refractivity contribution in [2.45, 2.75) is 25.3 Å². The van der Waals surface area contributed by atoms with Crippen LogP contribution in [0.25, 0.3) is 0 Å². The number of carbonyl (C=O) groups is 3. The van der Waals surface area contributed by atoms with Gasteiger partial charge in [-0.1, -0.05) is 23.7 Å². The molecule has 2 rings (SSSR count). The van der Waals surface area contributed by atoms with E-state index in [4.69, 9.17) is 16.7 Å². The number of carboxylic acids is 1. The van der Waals surface area contributed by atoms with Crippen LogP contribution in [0, 0.1) is 0 Å². The highest BCUT2D eigenvalue weighted by atomic mass is 35.5. The normalized spacial score (nSPS) is 16.8. The average molecular weight is 282 g/mol. The summed E-state index contributed by atoms with van der Waals surface area (Å²) < 4.78 is 0. The molecular weight excluding hydrogens is 270 g/mol. The molecule has 0 radical (unpaired) electrons. The van der Waals surface area contributed by atoms with Crippen LogP contribution in [0.15, 0.2) is 24.3 Å². The molecule has 1 aliphatic heterocycles. The smallest absolute Gasteiger partial charge is 0.305 e. The van der Waals surface area contributed by atoms with Crippen molar-refractivity contribution in [2.75, 3.05) is 0 Å². The molecule has 1 fully saturated rings. The van der Waals surface area contributed by atoms with Crippen molar-refractivity contribution in [3.05, 3.63) is 34.9 Å². The average Bonchev–Trinajstić information content (AvgIpc) is 2.67. The van der Waals surface area contributed by atoms with Gasteiger partial charge >= 0.3 is 5.97 Å². The molecule has 0 aliphatic carbocycles. The summed E-state index contributed by atoms with van der Waals surface area (Å²) in [6.45, 7) is 0. The maximum absolute atomic E-state index is 11.7. The van der Waals surface area contributed by atoms with Crippen LogP contribution >= 0.6 is 11.6 Å². The number of rotatable bonds is 4. The Hall–Kier alpha value is -1.88. The Balaban J connectivity index is 2.35. The summed E-state index contributed by atoms with van der Waals surface area (Å²) in [5, 5.41) is 9.47. The summed E-state index contributed by atoms with van der Waals surface area (Å²) in [4.78, 5) is 35.5. The fourth-order valence-corrected chi connectivity index (χ4v) is 2.28. The first-order valence-corrected chi connectivity index (χ1v) is 6.19. The van der Waals surface area contributed by atoms with Crippen LogP contribution in [0.2, 0.25) is 5.02 Å². The maximum Gasteiger partial charge on any atom is 0.305 e. The van der Waals surface area contributed by atoms with Crippen molar-refractivity contribution >= 4 is 29.4 Å². The SMILES string of the molecule is O=C(O)C[C@@H](c1ccc(Cl)cc1)N1C(=O)CCC1=O. The maximum atomic E-state index is 11.7. The number of amides is 2. The predicted octanol–water partition coefficient (Wildman–Crippen LogP) is 2.00. The molecule has 0 bridgehead atoms. The van der Waals surface area contributed by atoms with E-state index in [-0.39, 0.29) is 31.1 Å². The van der Waals surface area contributed by atoms with Gasteiger partial charge in [0, 0.05) is 17.9 Å². The van der Waals surface area contributed by atoms with Crippen LogP contribution in [0.3, 0.4) is 0 Å². The standard InChI is InChI=1S/C13H12ClNO4/c14-9-3-1-8(2-4-9)10(7-13(18)19)15-11(16)5-6-12(15)17/h1-4,10H,5-7H2,(H,18,19)/t10-/m0/s1. The Morgan fingerprint density at radius 3 is 2.21 bits per heavy atom. The van der Waals surface area contributed by atoms with E-state index in [1.54, 1.807) is 24.3 Å². The van der Waals surface area contributed by atoms with Gasteiger partial charge in [-0.2, -0.15) is 0 Å². The Labute approximate surface area is 114 Å². The van der Waals surface area contributed by atoms with Crippen molar-refractivity contribution in [1.82, 2.24) is 4.90 Å². The van der Waals surface area contributed by atoms with Gasteiger partial charge in [0.1, 0.15) is 0 Å². The second-order valence-electron chi connectivity index (χ2n) is 4.32. The molecule has 100 valence electrons. The predicted molar refractivity (Wildman–Crippen MR) is 67.5 cm³/mol. The number of nitrogens with zero attached hydrogens (tertiary/aromatic N) is 1. The van der Waals surface area contributed by atoms with Crippen molar-refractivity contribution in [3.63, 3.8) is 0 Å². The van der Waals surface area contributed by atoms with Crippen LogP contribution in [0.1, 0.15) is 30.9 Å². The molecule has 0 aromatic heterocycles. The molecule has 19 heavy (non-hydrogen) atoms. The number of aliphatic carboxylic acids is 1. The minimum absolute atomic E-state index is 0.141. The third-order valence-corrected chi connectivity index (χ3v) is 3.28. The minimum atomic E-state index is -1.06. The first kappa shape index (κ1) is 13.5. The molecule has 1 N–H and O–H groups in total. The first-order valence-electron chi connectivity index (χ1n) is 5.81. The quantitative estimate of drug-likeness (QED) is 0.857. The number of imide groups is 1. The van der Waals surface area contributed by atoms with Crippen LogP contribution in [-0.2, 0) is 14.4 Å². The summed E-state index contributed by atoms with van der Waals surface area (Å²) in [6.07, 6.45) is -0.0236. The Morgan fingerprint density at radius 2 is 1.74 bits per heavy atom. The van der Waals surface area contributed by atoms with Crippen LogP contribution < -0.4 is 0 Å². The number of likely N-dealkylation sites (tertiary alicyclic amines) is 1. The van der Waals surface area contributed by atoms with Crippen molar-refractivity contribution in [2.24, 2.45) is 0 Å². The lowest BCUT2D eigenvalue weighted by atomic mass is 10.0. The summed E-state index contributed by atoms with van der Waals surface area (Å²) in [6, 6.07) is 5.72. The van der Waals surface area contributed by atoms with Crippen LogP contribution in [0.5, 0.6) is 0 Å². The van der Waals surface area contributed by atoms with Crippen LogP contribution in [0.4, 0.5) is 0 Å². The van der Waals surface area contributed by atoms with Gasteiger partial charge in [-0.3, -0.25) is 19.3 Å². The Kier molecular flexibility index (Phi) is 3.85. The van der Waals surface area contributed by atoms with E-state index in [2.05, 4.69) is 0 Å². The minimum Gasteiger partial charge on any atom is -0.481 e. The molecular formula is C13H12ClNO4. The fraction of sp³-hybridized carbons (Fsp3) is 0.308. The van der Waals surface area contributed by atoms with E-state index in [1.165, 1.54) is 0 Å². The molecule has 1 aliphatic rings. The number of hydrogen-bond acceptors (Lipinski definition) is 3. The van der Waals surface area contributed by atoms with E-state index in [0.717, 1.165) is 4.90 Å². The monoisotopic (exact) mass is 281 g/mol. The molecule has 0 spiro atoms. The lowest BCUT2D eigenvalue weighted by molar-refractivity contribution is -0.144. The topological polar surface area (TPSA) is 74.7 Å². The zero-order valence-electron chi connectivity index (χ0n) is 10.0. The molecule has 1 atom stereocenters. The van der Waals surface area contributed by atoms with Gasteiger partial charge in [-0.25, -0.2) is 0 Å². The lowest BCUT2D eigenvalue weighted by Crippen LogP contribution is -2.34. The van der Waals surface area contributed by atoms with Crippen molar-refractivity contribution in [1.29, 1.82) is 0 Å². The van der Waals surface area contributed by atoms with E-state index < -0.39 is 12.0 Å². The second-order valence-corrected chi connectivity index (χ2v) is 4.76. The molecule has 0 unspecified atom stereocenters. The summed E-state index contributed by atoms with van der Waals surface area (Å²) in [5.74, 6) is -1.72. The molecule has 1 aromatic carbocycles. The molecule has 2 amide bonds. The van der Waals surface area contributed by atoms with Crippen molar-refractivity contribution < 1.29 is 19.5 Å². The number of carbonyl (C=O) groups excluding carboxylic acids is 2. The third kappa shape index (κ3) is 2.93. The third-order valence-electron chi connectivity index (χ3n) is 3.02. The zero-order chi connectivity index (χ0) is 14.0. The van der Waals surface area contributed by atoms with Gasteiger partial charge in [0.2, 0.25) is 11.8 Å². The summed E-state index contributed by atoms with van der Waals surface area (Å²) in [5.41, 5.74) is 0.593. The van der Waals surface area contributed by atoms with E-state index in [1.807, 2.05) is 0 Å². The summed E-state index contributed by atoms with van der Waals surface area (Å²) in [7, 11) is 0. The summed E-state index contributed by atoms with van der Waals surface area (Å²) >= 11 is 5.78. The van der Waals surface area contributed by atoms with Crippen LogP contribution in [-0.4, -0.2) is 27.8 Å². The van der Waals surface area contributed by atoms with Gasteiger partial charge in [0.15, 0.2) is 0 Å². The second kappa shape index (κ2) is 5.40. The van der Waals surface area contributed by atoms with E-state index in [9.17, 15) is 14.4 Å². The number of benzene rings is 1. The molecule has 6 heteroatoms. The van der Waals surface area contributed by atoms with Gasteiger partial charge in [-0.05, 0) is 17.7 Å². The molecule has 1 heterocycles. The van der Waals surface area contributed by atoms with Gasteiger partial charge in [0.05, 0.1) is 12.5 Å². The number of halogens is 1. The molecule has 5 nitrogen and oxygen atoms in total. The number of carboxylic acid groups (broad SMARTS) is 1. The molecule has 0 saturated carbocycles. The Morgan fingerprint density at radius 1 is 1.21 bits per heavy atom. The highest BCUT2D eigenvalue weighted by Gasteiger charge is 2.36. The highest BCUT2D eigenvalue weighted by molar-refractivity contribution is 6.30. The van der Waals surface area contributed by atoms with E-state index in [0.29, 0.717) is 10.6 Å². The largest absolute Gasteiger partial charge is 0.481 e. The number of hydrogen-bond donors (Lipinski definition) is 1. The zero-order valence-corrected chi connectivity index (χ0v) is 10.8. The van der Waals surface area contributed by atoms with Gasteiger partial charge < -0.3 is 5.11 Å².